The number of nitrogens with one attached hydrogen (secondary N) is 1. The molecule has 1 unspecified atom stereocenters. The van der Waals surface area contributed by atoms with E-state index in [1.165, 1.54) is 0 Å². The summed E-state index contributed by atoms with van der Waals surface area (Å²) in [7, 11) is -3.04. The fourth-order valence-electron chi connectivity index (χ4n) is 0.664. The van der Waals surface area contributed by atoms with Crippen LogP contribution in [0.1, 0.15) is 13.3 Å². The van der Waals surface area contributed by atoms with E-state index in [4.69, 9.17) is 5.73 Å². The molecule has 11 heavy (non-hydrogen) atoms. The molecular weight excluding hydrogens is 164 g/mol. The minimum atomic E-state index is -3.04. The van der Waals surface area contributed by atoms with Crippen LogP contribution < -0.4 is 10.5 Å². The summed E-state index contributed by atoms with van der Waals surface area (Å²) < 4.78 is 23.6. The molecule has 0 radical (unpaired) electrons. The van der Waals surface area contributed by atoms with Crippen LogP contribution in [0.25, 0.3) is 0 Å². The third-order valence-corrected chi connectivity index (χ3v) is 2.24. The lowest BCUT2D eigenvalue weighted by molar-refractivity contribution is 0.503. The molecule has 0 saturated heterocycles. The zero-order chi connectivity index (χ0) is 8.91. The maximum Gasteiger partial charge on any atom is 0.208 e. The van der Waals surface area contributed by atoms with Gasteiger partial charge in [-0.2, -0.15) is 0 Å². The molecule has 5 heteroatoms. The van der Waals surface area contributed by atoms with Crippen molar-refractivity contribution in [1.29, 1.82) is 0 Å². The Morgan fingerprint density at radius 3 is 2.36 bits per heavy atom. The Balaban J connectivity index is 3.69. The average molecular weight is 180 g/mol. The summed E-state index contributed by atoms with van der Waals surface area (Å²) in [5.41, 5.74) is 5.38. The lowest BCUT2D eigenvalue weighted by Gasteiger charge is -2.11. The Labute approximate surface area is 68.2 Å². The minimum absolute atomic E-state index is 0.254. The Morgan fingerprint density at radius 1 is 1.55 bits per heavy atom. The normalized spacial score (nSPS) is 14.8. The van der Waals surface area contributed by atoms with Crippen LogP contribution in [0.2, 0.25) is 0 Å². The van der Waals surface area contributed by atoms with Gasteiger partial charge in [-0.1, -0.05) is 13.3 Å². The molecule has 68 valence electrons. The van der Waals surface area contributed by atoms with E-state index in [-0.39, 0.29) is 5.92 Å². The van der Waals surface area contributed by atoms with Crippen LogP contribution in [0.15, 0.2) is 0 Å². The Kier molecular flexibility index (Phi) is 4.63. The van der Waals surface area contributed by atoms with E-state index in [9.17, 15) is 8.42 Å². The average Bonchev–Trinajstić information content (AvgIpc) is 1.88. The number of hydrogen-bond donors (Lipinski definition) is 2. The van der Waals surface area contributed by atoms with Crippen LogP contribution in [0.3, 0.4) is 0 Å². The second kappa shape index (κ2) is 4.69. The molecule has 0 aliphatic carbocycles. The molecule has 0 aliphatic heterocycles. The molecule has 0 spiro atoms. The van der Waals surface area contributed by atoms with E-state index in [0.29, 0.717) is 13.1 Å². The van der Waals surface area contributed by atoms with Crippen molar-refractivity contribution in [3.05, 3.63) is 0 Å². The standard InChI is InChI=1S/C6H16N2O2S/c1-3-6(4-7)5-8-11(2,9)10/h6,8H,3-5,7H2,1-2H3. The summed E-state index contributed by atoms with van der Waals surface area (Å²) in [6.45, 7) is 2.96. The van der Waals surface area contributed by atoms with Crippen LogP contribution in [0.5, 0.6) is 0 Å². The van der Waals surface area contributed by atoms with Crippen LogP contribution in [-0.2, 0) is 10.0 Å². The fraction of sp³-hybridized carbons (Fsp3) is 1.00. The van der Waals surface area contributed by atoms with E-state index < -0.39 is 10.0 Å². The Bertz CT molecular complexity index is 185. The molecule has 0 aliphatic rings. The van der Waals surface area contributed by atoms with Gasteiger partial charge in [0.1, 0.15) is 0 Å². The lowest BCUT2D eigenvalue weighted by atomic mass is 10.1. The van der Waals surface area contributed by atoms with Crippen molar-refractivity contribution in [3.8, 4) is 0 Å². The first kappa shape index (κ1) is 10.9. The molecule has 0 rings (SSSR count). The molecule has 0 aromatic heterocycles. The predicted molar refractivity (Wildman–Crippen MR) is 45.7 cm³/mol. The molecule has 0 aromatic rings. The smallest absolute Gasteiger partial charge is 0.208 e. The second-order valence-electron chi connectivity index (χ2n) is 2.63. The van der Waals surface area contributed by atoms with Gasteiger partial charge in [-0.05, 0) is 12.5 Å². The summed E-state index contributed by atoms with van der Waals surface area (Å²) in [6.07, 6.45) is 2.05. The van der Waals surface area contributed by atoms with E-state index in [0.717, 1.165) is 12.7 Å². The number of rotatable bonds is 5. The zero-order valence-corrected chi connectivity index (χ0v) is 7.82. The topological polar surface area (TPSA) is 72.2 Å². The van der Waals surface area contributed by atoms with Gasteiger partial charge in [0.05, 0.1) is 6.26 Å². The van der Waals surface area contributed by atoms with Crippen LogP contribution in [-0.4, -0.2) is 27.8 Å². The second-order valence-corrected chi connectivity index (χ2v) is 4.46. The van der Waals surface area contributed by atoms with Crippen molar-refractivity contribution in [2.45, 2.75) is 13.3 Å². The van der Waals surface area contributed by atoms with Crippen LogP contribution >= 0.6 is 0 Å². The summed E-state index contributed by atoms with van der Waals surface area (Å²) in [5.74, 6) is 0.254. The third kappa shape index (κ3) is 6.28. The molecule has 1 atom stereocenters. The molecule has 0 fully saturated rings. The van der Waals surface area contributed by atoms with Gasteiger partial charge in [0.15, 0.2) is 0 Å². The SMILES string of the molecule is CCC(CN)CNS(C)(=O)=O. The van der Waals surface area contributed by atoms with Crippen molar-refractivity contribution in [3.63, 3.8) is 0 Å². The van der Waals surface area contributed by atoms with Gasteiger partial charge >= 0.3 is 0 Å². The Hall–Kier alpha value is -0.130. The summed E-state index contributed by atoms with van der Waals surface area (Å²) in [4.78, 5) is 0. The highest BCUT2D eigenvalue weighted by Crippen LogP contribution is 1.97. The maximum atomic E-state index is 10.6. The quantitative estimate of drug-likeness (QED) is 0.600. The molecule has 0 amide bonds. The molecule has 0 bridgehead atoms. The zero-order valence-electron chi connectivity index (χ0n) is 7.00. The van der Waals surface area contributed by atoms with Gasteiger partial charge < -0.3 is 5.73 Å². The summed E-state index contributed by atoms with van der Waals surface area (Å²) in [5, 5.41) is 0. The van der Waals surface area contributed by atoms with Crippen molar-refractivity contribution in [2.24, 2.45) is 11.7 Å². The van der Waals surface area contributed by atoms with Gasteiger partial charge in [0, 0.05) is 6.54 Å². The van der Waals surface area contributed by atoms with Gasteiger partial charge in [0.25, 0.3) is 0 Å². The van der Waals surface area contributed by atoms with Crippen molar-refractivity contribution in [1.82, 2.24) is 4.72 Å². The molecule has 0 aromatic carbocycles. The van der Waals surface area contributed by atoms with E-state index in [1.807, 2.05) is 6.92 Å². The van der Waals surface area contributed by atoms with Crippen molar-refractivity contribution < 1.29 is 8.42 Å². The predicted octanol–water partition coefficient (Wildman–Crippen LogP) is -0.479. The van der Waals surface area contributed by atoms with Crippen molar-refractivity contribution >= 4 is 10.0 Å². The first-order chi connectivity index (χ1) is 4.99. The highest BCUT2D eigenvalue weighted by Gasteiger charge is 2.06. The Morgan fingerprint density at radius 2 is 2.09 bits per heavy atom. The fourth-order valence-corrected chi connectivity index (χ4v) is 1.20. The molecular formula is C6H16N2O2S. The van der Waals surface area contributed by atoms with Crippen LogP contribution in [0, 0.1) is 5.92 Å². The monoisotopic (exact) mass is 180 g/mol. The minimum Gasteiger partial charge on any atom is -0.330 e. The largest absolute Gasteiger partial charge is 0.330 e. The summed E-state index contributed by atoms with van der Waals surface area (Å²) >= 11 is 0. The number of nitrogens with two attached hydrogens (primary N) is 1. The van der Waals surface area contributed by atoms with E-state index >= 15 is 0 Å². The molecule has 0 saturated carbocycles. The van der Waals surface area contributed by atoms with Gasteiger partial charge in [-0.15, -0.1) is 0 Å². The highest BCUT2D eigenvalue weighted by molar-refractivity contribution is 7.88. The van der Waals surface area contributed by atoms with Gasteiger partial charge in [-0.3, -0.25) is 0 Å². The first-order valence-electron chi connectivity index (χ1n) is 3.64. The summed E-state index contributed by atoms with van der Waals surface area (Å²) in [6, 6.07) is 0. The van der Waals surface area contributed by atoms with Gasteiger partial charge in [-0.25, -0.2) is 13.1 Å². The maximum absolute atomic E-state index is 10.6. The lowest BCUT2D eigenvalue weighted by Crippen LogP contribution is -2.31. The van der Waals surface area contributed by atoms with E-state index in [2.05, 4.69) is 4.72 Å². The molecule has 4 nitrogen and oxygen atoms in total. The van der Waals surface area contributed by atoms with E-state index in [1.54, 1.807) is 0 Å². The molecule has 3 N–H and O–H groups in total. The number of hydrogen-bond acceptors (Lipinski definition) is 3. The highest BCUT2D eigenvalue weighted by atomic mass is 32.2. The first-order valence-corrected chi connectivity index (χ1v) is 5.53. The van der Waals surface area contributed by atoms with Crippen LogP contribution in [0.4, 0.5) is 0 Å². The van der Waals surface area contributed by atoms with Crippen molar-refractivity contribution in [2.75, 3.05) is 19.3 Å². The van der Waals surface area contributed by atoms with Gasteiger partial charge in [0.2, 0.25) is 10.0 Å². The number of sulfonamides is 1. The third-order valence-electron chi connectivity index (χ3n) is 1.54. The molecule has 0 heterocycles.